The molecule has 1 aliphatic rings. The minimum absolute atomic E-state index is 0.439. The van der Waals surface area contributed by atoms with Crippen molar-refractivity contribution in [3.05, 3.63) is 0 Å². The highest BCUT2D eigenvalue weighted by atomic mass is 31.2. The second kappa shape index (κ2) is 8.41. The molecular weight excluding hydrogens is 261 g/mol. The van der Waals surface area contributed by atoms with E-state index < -0.39 is 12.9 Å². The second-order valence-electron chi connectivity index (χ2n) is 5.21. The maximum absolute atomic E-state index is 13.2. The molecule has 0 radical (unpaired) electrons. The highest BCUT2D eigenvalue weighted by molar-refractivity contribution is 7.55. The molecule has 114 valence electrons. The Kier molecular flexibility index (Phi) is 7.60. The lowest BCUT2D eigenvalue weighted by atomic mass is 9.94. The van der Waals surface area contributed by atoms with Crippen molar-refractivity contribution in [2.75, 3.05) is 19.8 Å². The molecule has 0 aromatic heterocycles. The summed E-state index contributed by atoms with van der Waals surface area (Å²) in [5.74, 6) is 0. The Labute approximate surface area is 118 Å². The van der Waals surface area contributed by atoms with Crippen LogP contribution in [0.5, 0.6) is 0 Å². The molecule has 1 N–H and O–H groups in total. The standard InChI is InChI=1S/C14H30NO3P/c1-4-7-13-15-14(11-9-8-10-12-14)19(16,17-5-2)18-6-3/h15H,4-13H2,1-3H3. The molecule has 4 nitrogen and oxygen atoms in total. The van der Waals surface area contributed by atoms with E-state index in [2.05, 4.69) is 12.2 Å². The summed E-state index contributed by atoms with van der Waals surface area (Å²) in [6, 6.07) is 0. The molecule has 0 aromatic rings. The predicted octanol–water partition coefficient (Wildman–Crippen LogP) is 4.30. The van der Waals surface area contributed by atoms with Crippen LogP contribution in [-0.2, 0) is 13.6 Å². The molecular formula is C14H30NO3P. The summed E-state index contributed by atoms with van der Waals surface area (Å²) < 4.78 is 24.4. The van der Waals surface area contributed by atoms with Gasteiger partial charge in [0.25, 0.3) is 0 Å². The van der Waals surface area contributed by atoms with E-state index >= 15 is 0 Å². The molecule has 1 saturated carbocycles. The van der Waals surface area contributed by atoms with Crippen molar-refractivity contribution < 1.29 is 13.6 Å². The third-order valence-corrected chi connectivity index (χ3v) is 6.64. The lowest BCUT2D eigenvalue weighted by Crippen LogP contribution is -2.47. The molecule has 0 bridgehead atoms. The number of hydrogen-bond acceptors (Lipinski definition) is 4. The lowest BCUT2D eigenvalue weighted by Gasteiger charge is -2.42. The zero-order valence-corrected chi connectivity index (χ0v) is 13.6. The molecule has 0 amide bonds. The summed E-state index contributed by atoms with van der Waals surface area (Å²) in [6.45, 7) is 7.70. The smallest absolute Gasteiger partial charge is 0.308 e. The van der Waals surface area contributed by atoms with E-state index in [0.29, 0.717) is 13.2 Å². The maximum atomic E-state index is 13.2. The molecule has 0 unspecified atom stereocenters. The van der Waals surface area contributed by atoms with Crippen LogP contribution in [0.2, 0.25) is 0 Å². The Balaban J connectivity index is 2.87. The van der Waals surface area contributed by atoms with Crippen LogP contribution in [0.1, 0.15) is 65.7 Å². The average molecular weight is 291 g/mol. The van der Waals surface area contributed by atoms with Crippen LogP contribution in [0, 0.1) is 0 Å². The van der Waals surface area contributed by atoms with Crippen molar-refractivity contribution in [2.45, 2.75) is 71.0 Å². The van der Waals surface area contributed by atoms with Crippen LogP contribution in [0.3, 0.4) is 0 Å². The Morgan fingerprint density at radius 1 is 1.05 bits per heavy atom. The van der Waals surface area contributed by atoms with E-state index in [1.807, 2.05) is 13.8 Å². The molecule has 1 aliphatic carbocycles. The fourth-order valence-corrected chi connectivity index (χ4v) is 5.22. The maximum Gasteiger partial charge on any atom is 0.350 e. The van der Waals surface area contributed by atoms with E-state index in [1.54, 1.807) is 0 Å². The van der Waals surface area contributed by atoms with Crippen molar-refractivity contribution >= 4 is 7.60 Å². The lowest BCUT2D eigenvalue weighted by molar-refractivity contribution is 0.166. The first-order valence-corrected chi connectivity index (χ1v) is 9.32. The van der Waals surface area contributed by atoms with Gasteiger partial charge in [-0.3, -0.25) is 4.57 Å². The zero-order valence-electron chi connectivity index (χ0n) is 12.7. The van der Waals surface area contributed by atoms with Crippen LogP contribution < -0.4 is 5.32 Å². The highest BCUT2D eigenvalue weighted by Gasteiger charge is 2.50. The number of hydrogen-bond donors (Lipinski definition) is 1. The number of rotatable bonds is 9. The largest absolute Gasteiger partial charge is 0.350 e. The van der Waals surface area contributed by atoms with Gasteiger partial charge in [-0.25, -0.2) is 0 Å². The fourth-order valence-electron chi connectivity index (χ4n) is 2.81. The molecule has 5 heteroatoms. The summed E-state index contributed by atoms with van der Waals surface area (Å²) in [5.41, 5.74) is 0. The normalized spacial score (nSPS) is 19.5. The van der Waals surface area contributed by atoms with Gasteiger partial charge >= 0.3 is 7.60 Å². The van der Waals surface area contributed by atoms with Crippen LogP contribution in [0.25, 0.3) is 0 Å². The van der Waals surface area contributed by atoms with Crippen LogP contribution in [0.4, 0.5) is 0 Å². The second-order valence-corrected chi connectivity index (χ2v) is 7.57. The first-order valence-electron chi connectivity index (χ1n) is 7.78. The first-order chi connectivity index (χ1) is 9.14. The van der Waals surface area contributed by atoms with Gasteiger partial charge < -0.3 is 14.4 Å². The quantitative estimate of drug-likeness (QED) is 0.508. The van der Waals surface area contributed by atoms with Gasteiger partial charge in [-0.15, -0.1) is 0 Å². The third kappa shape index (κ3) is 4.29. The summed E-state index contributed by atoms with van der Waals surface area (Å²) in [5, 5.41) is 3.08. The monoisotopic (exact) mass is 291 g/mol. The van der Waals surface area contributed by atoms with Gasteiger partial charge in [0.2, 0.25) is 0 Å². The van der Waals surface area contributed by atoms with Gasteiger partial charge in [-0.1, -0.05) is 32.6 Å². The van der Waals surface area contributed by atoms with Crippen LogP contribution in [0.15, 0.2) is 0 Å². The van der Waals surface area contributed by atoms with E-state index in [1.165, 1.54) is 6.42 Å². The van der Waals surface area contributed by atoms with E-state index in [-0.39, 0.29) is 0 Å². The summed E-state index contributed by atoms with van der Waals surface area (Å²) >= 11 is 0. The highest BCUT2D eigenvalue weighted by Crippen LogP contribution is 2.63. The van der Waals surface area contributed by atoms with Crippen molar-refractivity contribution in [3.63, 3.8) is 0 Å². The zero-order chi connectivity index (χ0) is 14.2. The molecule has 0 atom stereocenters. The Hall–Kier alpha value is 0.110. The molecule has 0 aromatic carbocycles. The third-order valence-electron chi connectivity index (χ3n) is 3.79. The SMILES string of the molecule is CCCCNC1(P(=O)(OCC)OCC)CCCCC1. The van der Waals surface area contributed by atoms with Crippen LogP contribution >= 0.6 is 7.60 Å². The minimum atomic E-state index is -3.08. The van der Waals surface area contributed by atoms with Gasteiger partial charge in [-0.2, -0.15) is 0 Å². The Bertz CT molecular complexity index is 280. The van der Waals surface area contributed by atoms with E-state index in [0.717, 1.165) is 45.1 Å². The van der Waals surface area contributed by atoms with Crippen molar-refractivity contribution in [1.29, 1.82) is 0 Å². The van der Waals surface area contributed by atoms with Gasteiger partial charge in [0.05, 0.1) is 13.2 Å². The van der Waals surface area contributed by atoms with Crippen molar-refractivity contribution in [1.82, 2.24) is 5.32 Å². The van der Waals surface area contributed by atoms with Gasteiger partial charge in [-0.05, 0) is 39.7 Å². The van der Waals surface area contributed by atoms with Crippen molar-refractivity contribution in [3.8, 4) is 0 Å². The summed E-state index contributed by atoms with van der Waals surface area (Å²) in [7, 11) is -3.08. The number of unbranched alkanes of at least 4 members (excludes halogenated alkanes) is 1. The Morgan fingerprint density at radius 3 is 2.11 bits per heavy atom. The summed E-state index contributed by atoms with van der Waals surface area (Å²) in [6.07, 6.45) is 7.45. The summed E-state index contributed by atoms with van der Waals surface area (Å²) in [4.78, 5) is 0. The fraction of sp³-hybridized carbons (Fsp3) is 1.00. The molecule has 19 heavy (non-hydrogen) atoms. The van der Waals surface area contributed by atoms with Gasteiger partial charge in [0.1, 0.15) is 5.28 Å². The average Bonchev–Trinajstić information content (AvgIpc) is 2.40. The molecule has 1 fully saturated rings. The van der Waals surface area contributed by atoms with Gasteiger partial charge in [0.15, 0.2) is 0 Å². The topological polar surface area (TPSA) is 47.6 Å². The first kappa shape index (κ1) is 17.2. The van der Waals surface area contributed by atoms with Gasteiger partial charge in [0, 0.05) is 0 Å². The molecule has 0 aliphatic heterocycles. The molecule has 1 rings (SSSR count). The van der Waals surface area contributed by atoms with Crippen molar-refractivity contribution in [2.24, 2.45) is 0 Å². The number of nitrogens with one attached hydrogen (secondary N) is 1. The molecule has 0 heterocycles. The molecule has 0 saturated heterocycles. The van der Waals surface area contributed by atoms with E-state index in [4.69, 9.17) is 9.05 Å². The van der Waals surface area contributed by atoms with E-state index in [9.17, 15) is 4.57 Å². The minimum Gasteiger partial charge on any atom is -0.308 e. The Morgan fingerprint density at radius 2 is 1.63 bits per heavy atom. The predicted molar refractivity (Wildman–Crippen MR) is 79.6 cm³/mol. The van der Waals surface area contributed by atoms with Crippen LogP contribution in [-0.4, -0.2) is 25.0 Å². The molecule has 0 spiro atoms.